The number of hydrogen-bond donors (Lipinski definition) is 1. The molecule has 1 heterocycles. The lowest BCUT2D eigenvalue weighted by Crippen LogP contribution is -2.43. The summed E-state index contributed by atoms with van der Waals surface area (Å²) in [5, 5.41) is 3.12. The predicted octanol–water partition coefficient (Wildman–Crippen LogP) is 0.564. The molecule has 0 atom stereocenters. The Morgan fingerprint density at radius 1 is 1.43 bits per heavy atom. The van der Waals surface area contributed by atoms with E-state index in [2.05, 4.69) is 5.32 Å². The average molecular weight is 201 g/mol. The minimum atomic E-state index is -0.108. The Labute approximate surface area is 85.0 Å². The lowest BCUT2D eigenvalue weighted by molar-refractivity contribution is -0.147. The van der Waals surface area contributed by atoms with Crippen LogP contribution in [0.15, 0.2) is 0 Å². The van der Waals surface area contributed by atoms with E-state index < -0.39 is 0 Å². The third-order valence-corrected chi connectivity index (χ3v) is 2.12. The van der Waals surface area contributed by atoms with Crippen molar-refractivity contribution in [2.45, 2.75) is 26.4 Å². The van der Waals surface area contributed by atoms with Gasteiger partial charge in [0, 0.05) is 0 Å². The summed E-state index contributed by atoms with van der Waals surface area (Å²) in [5.74, 6) is 0.373. The van der Waals surface area contributed by atoms with Gasteiger partial charge in [0.2, 0.25) is 0 Å². The van der Waals surface area contributed by atoms with Crippen LogP contribution >= 0.6 is 0 Å². The SMILES string of the molecule is CC(C)OCCOC(=O)CC1CNC1. The molecule has 4 nitrogen and oxygen atoms in total. The first-order valence-electron chi connectivity index (χ1n) is 5.16. The summed E-state index contributed by atoms with van der Waals surface area (Å²) in [5.41, 5.74) is 0. The molecule has 1 aliphatic rings. The van der Waals surface area contributed by atoms with Gasteiger partial charge in [-0.15, -0.1) is 0 Å². The van der Waals surface area contributed by atoms with Crippen molar-refractivity contribution in [3.8, 4) is 0 Å². The molecule has 82 valence electrons. The average Bonchev–Trinajstić information content (AvgIpc) is 2.05. The zero-order valence-corrected chi connectivity index (χ0v) is 8.91. The first-order valence-corrected chi connectivity index (χ1v) is 5.16. The highest BCUT2D eigenvalue weighted by Crippen LogP contribution is 2.08. The minimum Gasteiger partial charge on any atom is -0.463 e. The van der Waals surface area contributed by atoms with E-state index in [1.807, 2.05) is 13.8 Å². The van der Waals surface area contributed by atoms with E-state index in [0.717, 1.165) is 13.1 Å². The van der Waals surface area contributed by atoms with Crippen LogP contribution in [0, 0.1) is 5.92 Å². The minimum absolute atomic E-state index is 0.108. The highest BCUT2D eigenvalue weighted by atomic mass is 16.6. The summed E-state index contributed by atoms with van der Waals surface area (Å²) < 4.78 is 10.3. The van der Waals surface area contributed by atoms with Crippen LogP contribution in [0.1, 0.15) is 20.3 Å². The van der Waals surface area contributed by atoms with Crippen molar-refractivity contribution in [1.82, 2.24) is 5.32 Å². The van der Waals surface area contributed by atoms with Gasteiger partial charge in [-0.25, -0.2) is 0 Å². The normalized spacial score (nSPS) is 16.8. The highest BCUT2D eigenvalue weighted by Gasteiger charge is 2.20. The van der Waals surface area contributed by atoms with E-state index >= 15 is 0 Å². The molecular weight excluding hydrogens is 182 g/mol. The van der Waals surface area contributed by atoms with Crippen molar-refractivity contribution in [2.24, 2.45) is 5.92 Å². The van der Waals surface area contributed by atoms with Gasteiger partial charge in [0.1, 0.15) is 6.61 Å². The molecule has 1 N–H and O–H groups in total. The van der Waals surface area contributed by atoms with Gasteiger partial charge in [0.25, 0.3) is 0 Å². The van der Waals surface area contributed by atoms with Gasteiger partial charge in [-0.3, -0.25) is 4.79 Å². The van der Waals surface area contributed by atoms with E-state index in [0.29, 0.717) is 25.6 Å². The fraction of sp³-hybridized carbons (Fsp3) is 0.900. The van der Waals surface area contributed by atoms with Crippen molar-refractivity contribution in [3.63, 3.8) is 0 Å². The van der Waals surface area contributed by atoms with Crippen LogP contribution in [0.2, 0.25) is 0 Å². The summed E-state index contributed by atoms with van der Waals surface area (Å²) in [4.78, 5) is 11.2. The van der Waals surface area contributed by atoms with Crippen LogP contribution in [0.25, 0.3) is 0 Å². The number of nitrogens with one attached hydrogen (secondary N) is 1. The predicted molar refractivity (Wildman–Crippen MR) is 53.0 cm³/mol. The first-order chi connectivity index (χ1) is 6.68. The number of carbonyl (C=O) groups excluding carboxylic acids is 1. The smallest absolute Gasteiger partial charge is 0.306 e. The second-order valence-corrected chi connectivity index (χ2v) is 3.87. The monoisotopic (exact) mass is 201 g/mol. The number of esters is 1. The van der Waals surface area contributed by atoms with Crippen molar-refractivity contribution >= 4 is 5.97 Å². The van der Waals surface area contributed by atoms with E-state index in [4.69, 9.17) is 9.47 Å². The fourth-order valence-corrected chi connectivity index (χ4v) is 1.23. The lowest BCUT2D eigenvalue weighted by atomic mass is 10.00. The topological polar surface area (TPSA) is 47.6 Å². The molecule has 0 aromatic carbocycles. The van der Waals surface area contributed by atoms with E-state index in [1.165, 1.54) is 0 Å². The van der Waals surface area contributed by atoms with Gasteiger partial charge in [-0.2, -0.15) is 0 Å². The standard InChI is InChI=1S/C10H19NO3/c1-8(2)13-3-4-14-10(12)5-9-6-11-7-9/h8-9,11H,3-7H2,1-2H3. The maximum absolute atomic E-state index is 11.2. The Bertz CT molecular complexity index is 178. The van der Waals surface area contributed by atoms with E-state index in [-0.39, 0.29) is 12.1 Å². The Kier molecular flexibility index (Phi) is 4.90. The van der Waals surface area contributed by atoms with Gasteiger partial charge < -0.3 is 14.8 Å². The molecule has 4 heteroatoms. The molecule has 0 radical (unpaired) electrons. The highest BCUT2D eigenvalue weighted by molar-refractivity contribution is 5.69. The van der Waals surface area contributed by atoms with Gasteiger partial charge in [-0.1, -0.05) is 0 Å². The van der Waals surface area contributed by atoms with E-state index in [9.17, 15) is 4.79 Å². The summed E-state index contributed by atoms with van der Waals surface area (Å²) >= 11 is 0. The van der Waals surface area contributed by atoms with Gasteiger partial charge in [0.15, 0.2) is 0 Å². The molecule has 0 unspecified atom stereocenters. The van der Waals surface area contributed by atoms with Crippen molar-refractivity contribution in [3.05, 3.63) is 0 Å². The first kappa shape index (κ1) is 11.5. The Balaban J connectivity index is 1.92. The second kappa shape index (κ2) is 5.98. The molecule has 0 aromatic rings. The summed E-state index contributed by atoms with van der Waals surface area (Å²) in [6.07, 6.45) is 0.735. The summed E-state index contributed by atoms with van der Waals surface area (Å²) in [7, 11) is 0. The van der Waals surface area contributed by atoms with Crippen LogP contribution in [0.3, 0.4) is 0 Å². The Morgan fingerprint density at radius 3 is 2.64 bits per heavy atom. The molecule has 14 heavy (non-hydrogen) atoms. The molecule has 0 saturated carbocycles. The third kappa shape index (κ3) is 4.58. The van der Waals surface area contributed by atoms with Crippen molar-refractivity contribution in [2.75, 3.05) is 26.3 Å². The zero-order valence-electron chi connectivity index (χ0n) is 8.91. The largest absolute Gasteiger partial charge is 0.463 e. The fourth-order valence-electron chi connectivity index (χ4n) is 1.23. The van der Waals surface area contributed by atoms with Gasteiger partial charge in [-0.05, 0) is 32.9 Å². The quantitative estimate of drug-likeness (QED) is 0.504. The van der Waals surface area contributed by atoms with Crippen LogP contribution < -0.4 is 5.32 Å². The van der Waals surface area contributed by atoms with Crippen LogP contribution in [-0.2, 0) is 14.3 Å². The third-order valence-electron chi connectivity index (χ3n) is 2.12. The maximum Gasteiger partial charge on any atom is 0.306 e. The molecule has 0 aromatic heterocycles. The molecule has 0 aliphatic carbocycles. The number of rotatable bonds is 6. The molecule has 1 aliphatic heterocycles. The summed E-state index contributed by atoms with van der Waals surface area (Å²) in [6, 6.07) is 0. The zero-order chi connectivity index (χ0) is 10.4. The van der Waals surface area contributed by atoms with Crippen LogP contribution in [0.4, 0.5) is 0 Å². The molecule has 0 spiro atoms. The van der Waals surface area contributed by atoms with Gasteiger partial charge >= 0.3 is 5.97 Å². The number of hydrogen-bond acceptors (Lipinski definition) is 4. The van der Waals surface area contributed by atoms with E-state index in [1.54, 1.807) is 0 Å². The van der Waals surface area contributed by atoms with Crippen molar-refractivity contribution < 1.29 is 14.3 Å². The summed E-state index contributed by atoms with van der Waals surface area (Å²) in [6.45, 7) is 6.67. The van der Waals surface area contributed by atoms with Crippen molar-refractivity contribution in [1.29, 1.82) is 0 Å². The molecule has 1 fully saturated rings. The maximum atomic E-state index is 11.2. The van der Waals surface area contributed by atoms with Crippen LogP contribution in [0.5, 0.6) is 0 Å². The van der Waals surface area contributed by atoms with Crippen LogP contribution in [-0.4, -0.2) is 38.4 Å². The Hall–Kier alpha value is -0.610. The molecule has 0 bridgehead atoms. The second-order valence-electron chi connectivity index (χ2n) is 3.87. The lowest BCUT2D eigenvalue weighted by Gasteiger charge is -2.25. The van der Waals surface area contributed by atoms with Gasteiger partial charge in [0.05, 0.1) is 19.1 Å². The molecule has 1 saturated heterocycles. The molecule has 1 rings (SSSR count). The number of carbonyl (C=O) groups is 1. The Morgan fingerprint density at radius 2 is 2.14 bits per heavy atom. The molecule has 0 amide bonds. The molecular formula is C10H19NO3. The number of ether oxygens (including phenoxy) is 2.